The predicted molar refractivity (Wildman–Crippen MR) is 156 cm³/mol. The first-order valence-corrected chi connectivity index (χ1v) is 14.6. The molecule has 2 nitrogen and oxygen atoms in total. The summed E-state index contributed by atoms with van der Waals surface area (Å²) in [5.74, 6) is -0.249. The van der Waals surface area contributed by atoms with Crippen LogP contribution in [-0.4, -0.2) is 19.4 Å². The molecule has 0 saturated heterocycles. The number of hydrogen-bond acceptors (Lipinski definition) is 2. The number of benzene rings is 3. The van der Waals surface area contributed by atoms with Crippen LogP contribution in [0.4, 0.5) is 4.39 Å². The van der Waals surface area contributed by atoms with Crippen LogP contribution < -0.4 is 10.4 Å². The molecule has 0 radical (unpaired) electrons. The summed E-state index contributed by atoms with van der Waals surface area (Å²) in [6, 6.07) is 31.8. The van der Waals surface area contributed by atoms with E-state index in [1.54, 1.807) is 12.3 Å². The summed E-state index contributed by atoms with van der Waals surface area (Å²) >= 11 is 0. The highest BCUT2D eigenvalue weighted by Gasteiger charge is 2.50. The van der Waals surface area contributed by atoms with Crippen molar-refractivity contribution in [2.45, 2.75) is 38.8 Å². The van der Waals surface area contributed by atoms with E-state index in [-0.39, 0.29) is 17.0 Å². The van der Waals surface area contributed by atoms with Gasteiger partial charge < -0.3 is 4.43 Å². The Balaban J connectivity index is 1.52. The third kappa shape index (κ3) is 6.22. The maximum Gasteiger partial charge on any atom is 0.261 e. The van der Waals surface area contributed by atoms with Crippen molar-refractivity contribution < 1.29 is 8.82 Å². The van der Waals surface area contributed by atoms with Crippen molar-refractivity contribution in [2.75, 3.05) is 0 Å². The Morgan fingerprint density at radius 2 is 1.43 bits per heavy atom. The molecule has 0 aliphatic heterocycles. The van der Waals surface area contributed by atoms with Gasteiger partial charge in [-0.25, -0.2) is 4.39 Å². The molecule has 0 amide bonds. The molecule has 0 spiro atoms. The average Bonchev–Trinajstić information content (AvgIpc) is 2.90. The van der Waals surface area contributed by atoms with Gasteiger partial charge in [-0.05, 0) is 52.2 Å². The molecular weight excluding hydrogens is 473 g/mol. The Labute approximate surface area is 221 Å². The number of aromatic nitrogens is 1. The lowest BCUT2D eigenvalue weighted by Gasteiger charge is -2.44. The van der Waals surface area contributed by atoms with E-state index >= 15 is 0 Å². The minimum atomic E-state index is -2.59. The first-order chi connectivity index (χ1) is 17.8. The van der Waals surface area contributed by atoms with Crippen molar-refractivity contribution in [3.8, 4) is 11.1 Å². The van der Waals surface area contributed by atoms with E-state index in [2.05, 4.69) is 99.4 Å². The second-order valence-corrected chi connectivity index (χ2v) is 14.5. The quantitative estimate of drug-likeness (QED) is 0.183. The molecule has 1 aromatic heterocycles. The van der Waals surface area contributed by atoms with E-state index in [0.717, 1.165) is 16.8 Å². The number of hydrogen-bond donors (Lipinski definition) is 0. The number of rotatable bonds is 8. The molecule has 4 heteroatoms. The summed E-state index contributed by atoms with van der Waals surface area (Å²) in [4.78, 5) is 4.50. The second-order valence-electron chi connectivity index (χ2n) is 10.2. The van der Waals surface area contributed by atoms with Gasteiger partial charge in [0.1, 0.15) is 5.82 Å². The largest absolute Gasteiger partial charge is 0.401 e. The first kappa shape index (κ1) is 26.5. The zero-order chi connectivity index (χ0) is 26.3. The van der Waals surface area contributed by atoms with Gasteiger partial charge in [0, 0.05) is 11.8 Å². The third-order valence-corrected chi connectivity index (χ3v) is 11.6. The van der Waals surface area contributed by atoms with Gasteiger partial charge in [-0.3, -0.25) is 4.98 Å². The molecule has 4 rings (SSSR count). The average molecular weight is 508 g/mol. The SMILES string of the molecule is C[C@H](C=CC=Cc1ccc(-c2cccc(F)c2)cn1)O[Si](c1ccccc1)(c1ccccc1)C(C)(C)C. The Morgan fingerprint density at radius 3 is 1.97 bits per heavy atom. The molecule has 4 aromatic rings. The van der Waals surface area contributed by atoms with Gasteiger partial charge in [-0.15, -0.1) is 0 Å². The zero-order valence-corrected chi connectivity index (χ0v) is 22.9. The lowest BCUT2D eigenvalue weighted by atomic mass is 10.1. The molecule has 0 aliphatic rings. The van der Waals surface area contributed by atoms with Crippen molar-refractivity contribution in [1.82, 2.24) is 4.98 Å². The lowest BCUT2D eigenvalue weighted by Crippen LogP contribution is -2.67. The van der Waals surface area contributed by atoms with Crippen LogP contribution in [-0.2, 0) is 4.43 Å². The van der Waals surface area contributed by atoms with Crippen LogP contribution in [0.15, 0.2) is 121 Å². The summed E-state index contributed by atoms with van der Waals surface area (Å²) in [7, 11) is -2.59. The van der Waals surface area contributed by atoms with E-state index < -0.39 is 8.32 Å². The Kier molecular flexibility index (Phi) is 8.32. The molecule has 0 fully saturated rings. The zero-order valence-electron chi connectivity index (χ0n) is 21.9. The van der Waals surface area contributed by atoms with E-state index in [4.69, 9.17) is 4.43 Å². The minimum Gasteiger partial charge on any atom is -0.401 e. The fourth-order valence-corrected chi connectivity index (χ4v) is 9.38. The highest BCUT2D eigenvalue weighted by Crippen LogP contribution is 2.37. The number of pyridine rings is 1. The van der Waals surface area contributed by atoms with Gasteiger partial charge in [0.15, 0.2) is 0 Å². The molecule has 0 unspecified atom stereocenters. The maximum atomic E-state index is 13.5. The number of nitrogens with zero attached hydrogens (tertiary/aromatic N) is 1. The molecule has 0 saturated carbocycles. The van der Waals surface area contributed by atoms with Crippen LogP contribution in [0.5, 0.6) is 0 Å². The smallest absolute Gasteiger partial charge is 0.261 e. The highest BCUT2D eigenvalue weighted by molar-refractivity contribution is 6.99. The predicted octanol–water partition coefficient (Wildman–Crippen LogP) is 7.42. The molecule has 0 bridgehead atoms. The van der Waals surface area contributed by atoms with Crippen molar-refractivity contribution in [1.29, 1.82) is 0 Å². The maximum absolute atomic E-state index is 13.5. The van der Waals surface area contributed by atoms with Gasteiger partial charge in [-0.2, -0.15) is 0 Å². The van der Waals surface area contributed by atoms with Gasteiger partial charge in [0.25, 0.3) is 8.32 Å². The fourth-order valence-electron chi connectivity index (χ4n) is 4.73. The van der Waals surface area contributed by atoms with Crippen LogP contribution in [0.1, 0.15) is 33.4 Å². The van der Waals surface area contributed by atoms with Crippen molar-refractivity contribution in [3.63, 3.8) is 0 Å². The summed E-state index contributed by atoms with van der Waals surface area (Å²) in [6.07, 6.45) is 9.74. The number of allylic oxidation sites excluding steroid dienone is 2. The van der Waals surface area contributed by atoms with Gasteiger partial charge in [0.05, 0.1) is 11.8 Å². The highest BCUT2D eigenvalue weighted by atomic mass is 28.4. The monoisotopic (exact) mass is 507 g/mol. The molecule has 37 heavy (non-hydrogen) atoms. The Bertz CT molecular complexity index is 1300. The van der Waals surface area contributed by atoms with Crippen molar-refractivity contribution in [2.24, 2.45) is 0 Å². The number of halogens is 1. The fraction of sp³-hybridized carbons (Fsp3) is 0.182. The van der Waals surface area contributed by atoms with Gasteiger partial charge in [0.2, 0.25) is 0 Å². The second kappa shape index (κ2) is 11.6. The van der Waals surface area contributed by atoms with E-state index in [1.807, 2.05) is 36.4 Å². The summed E-state index contributed by atoms with van der Waals surface area (Å²) < 4.78 is 20.6. The van der Waals surface area contributed by atoms with E-state index in [1.165, 1.54) is 22.5 Å². The van der Waals surface area contributed by atoms with Crippen LogP contribution in [0, 0.1) is 5.82 Å². The van der Waals surface area contributed by atoms with E-state index in [9.17, 15) is 4.39 Å². The lowest BCUT2D eigenvalue weighted by molar-refractivity contribution is 0.252. The molecule has 1 atom stereocenters. The molecule has 1 heterocycles. The molecular formula is C33H34FNOSi. The summed E-state index contributed by atoms with van der Waals surface area (Å²) in [5.41, 5.74) is 2.54. The Hall–Kier alpha value is -3.60. The molecule has 0 aliphatic carbocycles. The Morgan fingerprint density at radius 1 is 0.784 bits per heavy atom. The topological polar surface area (TPSA) is 22.1 Å². The van der Waals surface area contributed by atoms with Crippen molar-refractivity contribution >= 4 is 24.8 Å². The van der Waals surface area contributed by atoms with E-state index in [0.29, 0.717) is 0 Å². The van der Waals surface area contributed by atoms with Gasteiger partial charge in [-0.1, -0.05) is 118 Å². The summed E-state index contributed by atoms with van der Waals surface area (Å²) in [6.45, 7) is 8.97. The van der Waals surface area contributed by atoms with Crippen LogP contribution in [0.2, 0.25) is 5.04 Å². The van der Waals surface area contributed by atoms with Crippen LogP contribution in [0.25, 0.3) is 17.2 Å². The van der Waals surface area contributed by atoms with Crippen molar-refractivity contribution in [3.05, 3.63) is 133 Å². The third-order valence-electron chi connectivity index (χ3n) is 6.48. The van der Waals surface area contributed by atoms with Gasteiger partial charge >= 0.3 is 0 Å². The first-order valence-electron chi connectivity index (χ1n) is 12.7. The summed E-state index contributed by atoms with van der Waals surface area (Å²) in [5, 5.41) is 2.47. The minimum absolute atomic E-state index is 0.0685. The van der Waals surface area contributed by atoms with Crippen LogP contribution >= 0.6 is 0 Å². The normalized spacial score (nSPS) is 13.3. The molecule has 0 N–H and O–H groups in total. The standard InChI is InChI=1S/C33H34FNOSi/c1-26(14-11-12-17-30-23-22-28(25-35-30)27-15-13-16-29(34)24-27)36-37(33(2,3)4,31-18-7-5-8-19-31)32-20-9-6-10-21-32/h5-26H,1-4H3/t26-/m1/s1. The molecule has 188 valence electrons. The van der Waals surface area contributed by atoms with Crippen LogP contribution in [0.3, 0.4) is 0 Å². The molecule has 3 aromatic carbocycles.